The Kier molecular flexibility index (Phi) is 10.7. The van der Waals surface area contributed by atoms with Crippen molar-refractivity contribution in [2.24, 2.45) is 0 Å². The summed E-state index contributed by atoms with van der Waals surface area (Å²) in [5.41, 5.74) is 17.1. The summed E-state index contributed by atoms with van der Waals surface area (Å²) in [5.74, 6) is 0.598. The Morgan fingerprint density at radius 1 is 0.357 bits per heavy atom. The molecule has 0 saturated heterocycles. The first-order valence-electron chi connectivity index (χ1n) is 25.0. The van der Waals surface area contributed by atoms with Crippen LogP contribution in [0.1, 0.15) is 48.9 Å². The van der Waals surface area contributed by atoms with Crippen molar-refractivity contribution < 1.29 is 0 Å². The van der Waals surface area contributed by atoms with Gasteiger partial charge in [-0.1, -0.05) is 206 Å². The van der Waals surface area contributed by atoms with Crippen molar-refractivity contribution in [2.75, 3.05) is 0 Å². The van der Waals surface area contributed by atoms with Gasteiger partial charge in [0.2, 0.25) is 0 Å². The normalized spacial score (nSPS) is 15.6. The zero-order chi connectivity index (χ0) is 46.4. The van der Waals surface area contributed by atoms with Crippen LogP contribution in [0.25, 0.3) is 99.6 Å². The fourth-order valence-electron chi connectivity index (χ4n) is 11.6. The second kappa shape index (κ2) is 17.9. The summed E-state index contributed by atoms with van der Waals surface area (Å²) < 4.78 is 5.08. The molecular formula is C68H52N2. The molecule has 2 heterocycles. The summed E-state index contributed by atoms with van der Waals surface area (Å²) in [5, 5.41) is 7.40. The van der Waals surface area contributed by atoms with Gasteiger partial charge in [-0.3, -0.25) is 0 Å². The van der Waals surface area contributed by atoms with E-state index in [0.29, 0.717) is 5.92 Å². The molecule has 0 fully saturated rings. The van der Waals surface area contributed by atoms with E-state index in [4.69, 9.17) is 0 Å². The number of allylic oxidation sites excluding steroid dienone is 6. The van der Waals surface area contributed by atoms with E-state index in [9.17, 15) is 0 Å². The lowest BCUT2D eigenvalue weighted by molar-refractivity contribution is 0.633. The zero-order valence-electron chi connectivity index (χ0n) is 39.1. The fourth-order valence-corrected chi connectivity index (χ4v) is 11.6. The van der Waals surface area contributed by atoms with Crippen LogP contribution in [-0.2, 0) is 0 Å². The summed E-state index contributed by atoms with van der Waals surface area (Å²) in [6, 6.07) is 81.5. The maximum atomic E-state index is 2.55. The van der Waals surface area contributed by atoms with Crippen molar-refractivity contribution in [1.82, 2.24) is 9.13 Å². The monoisotopic (exact) mass is 896 g/mol. The minimum Gasteiger partial charge on any atom is -0.313 e. The molecule has 2 heteroatoms. The Labute approximate surface area is 410 Å². The van der Waals surface area contributed by atoms with Crippen molar-refractivity contribution in [3.63, 3.8) is 0 Å². The molecule has 9 aromatic carbocycles. The molecule has 2 aliphatic carbocycles. The maximum Gasteiger partial charge on any atom is 0.0531 e. The molecule has 2 nitrogen and oxygen atoms in total. The van der Waals surface area contributed by atoms with Gasteiger partial charge in [0.15, 0.2) is 0 Å². The molecule has 0 spiro atoms. The van der Waals surface area contributed by atoms with E-state index in [1.807, 2.05) is 0 Å². The molecule has 334 valence electrons. The van der Waals surface area contributed by atoms with Gasteiger partial charge in [-0.2, -0.15) is 0 Å². The molecule has 70 heavy (non-hydrogen) atoms. The molecule has 2 aromatic heterocycles. The smallest absolute Gasteiger partial charge is 0.0531 e. The van der Waals surface area contributed by atoms with Gasteiger partial charge in [-0.25, -0.2) is 0 Å². The van der Waals surface area contributed by atoms with Crippen LogP contribution >= 0.6 is 0 Å². The van der Waals surface area contributed by atoms with Gasteiger partial charge in [0.1, 0.15) is 0 Å². The SMILES string of the molecule is C1=CCC(c2ccc(-c3ccccc3)n2-c2ccc3c(-c4ccc(-c5ccccc5)cc4)c4cc(-n5c(-c6ccccc6)ccc5C5C=CCCC5)ccc4c(-c4cccc5ccccc45)c3c2)C=C1. The second-order valence-corrected chi connectivity index (χ2v) is 19.0. The topological polar surface area (TPSA) is 9.86 Å². The van der Waals surface area contributed by atoms with Crippen LogP contribution < -0.4 is 0 Å². The number of benzene rings is 9. The van der Waals surface area contributed by atoms with Gasteiger partial charge in [-0.05, 0) is 151 Å². The number of aromatic nitrogens is 2. The molecule has 0 N–H and O–H groups in total. The van der Waals surface area contributed by atoms with Gasteiger partial charge in [-0.15, -0.1) is 0 Å². The first kappa shape index (κ1) is 41.7. The third kappa shape index (κ3) is 7.36. The Hall–Kier alpha value is -8.46. The molecule has 0 saturated carbocycles. The molecule has 11 aromatic rings. The van der Waals surface area contributed by atoms with E-state index in [0.717, 1.165) is 24.9 Å². The van der Waals surface area contributed by atoms with Gasteiger partial charge >= 0.3 is 0 Å². The van der Waals surface area contributed by atoms with Crippen LogP contribution in [0.3, 0.4) is 0 Å². The summed E-state index contributed by atoms with van der Waals surface area (Å²) in [6.07, 6.45) is 18.3. The van der Waals surface area contributed by atoms with Crippen LogP contribution in [0, 0.1) is 0 Å². The predicted molar refractivity (Wildman–Crippen MR) is 296 cm³/mol. The minimum absolute atomic E-state index is 0.257. The third-order valence-corrected chi connectivity index (χ3v) is 14.9. The van der Waals surface area contributed by atoms with Crippen LogP contribution in [0.5, 0.6) is 0 Å². The summed E-state index contributed by atoms with van der Waals surface area (Å²) >= 11 is 0. The molecule has 0 bridgehead atoms. The van der Waals surface area contributed by atoms with Crippen LogP contribution in [0.15, 0.2) is 255 Å². The molecule has 13 rings (SSSR count). The fraction of sp³-hybridized carbons (Fsp3) is 0.0882. The first-order valence-corrected chi connectivity index (χ1v) is 25.0. The average molecular weight is 897 g/mol. The van der Waals surface area contributed by atoms with E-state index in [1.54, 1.807) is 0 Å². The van der Waals surface area contributed by atoms with Crippen molar-refractivity contribution in [2.45, 2.75) is 37.5 Å². The zero-order valence-corrected chi connectivity index (χ0v) is 39.1. The largest absolute Gasteiger partial charge is 0.313 e. The van der Waals surface area contributed by atoms with Crippen LogP contribution in [0.2, 0.25) is 0 Å². The van der Waals surface area contributed by atoms with Gasteiger partial charge < -0.3 is 9.13 Å². The Morgan fingerprint density at radius 3 is 1.54 bits per heavy atom. The van der Waals surface area contributed by atoms with Crippen molar-refractivity contribution in [3.05, 3.63) is 266 Å². The lowest BCUT2D eigenvalue weighted by Gasteiger charge is -2.24. The lowest BCUT2D eigenvalue weighted by Crippen LogP contribution is -2.08. The lowest BCUT2D eigenvalue weighted by atomic mass is 9.84. The second-order valence-electron chi connectivity index (χ2n) is 19.0. The highest BCUT2D eigenvalue weighted by molar-refractivity contribution is 6.24. The maximum absolute atomic E-state index is 2.55. The third-order valence-electron chi connectivity index (χ3n) is 14.9. The highest BCUT2D eigenvalue weighted by Crippen LogP contribution is 2.48. The van der Waals surface area contributed by atoms with E-state index in [1.165, 1.54) is 112 Å². The summed E-state index contributed by atoms with van der Waals surface area (Å²) in [6.45, 7) is 0. The van der Waals surface area contributed by atoms with Crippen molar-refractivity contribution in [1.29, 1.82) is 0 Å². The number of hydrogen-bond donors (Lipinski definition) is 0. The highest BCUT2D eigenvalue weighted by Gasteiger charge is 2.25. The quantitative estimate of drug-likeness (QED) is 0.101. The predicted octanol–water partition coefficient (Wildman–Crippen LogP) is 18.5. The summed E-state index contributed by atoms with van der Waals surface area (Å²) in [4.78, 5) is 0. The number of hydrogen-bond acceptors (Lipinski definition) is 0. The van der Waals surface area contributed by atoms with E-state index in [2.05, 4.69) is 264 Å². The average Bonchev–Trinajstić information content (AvgIpc) is 4.10. The van der Waals surface area contributed by atoms with E-state index >= 15 is 0 Å². The van der Waals surface area contributed by atoms with Gasteiger partial charge in [0.05, 0.1) is 11.4 Å². The van der Waals surface area contributed by atoms with Gasteiger partial charge in [0, 0.05) is 34.6 Å². The summed E-state index contributed by atoms with van der Waals surface area (Å²) in [7, 11) is 0. The van der Waals surface area contributed by atoms with E-state index in [-0.39, 0.29) is 5.92 Å². The minimum atomic E-state index is 0.257. The van der Waals surface area contributed by atoms with Crippen molar-refractivity contribution >= 4 is 32.3 Å². The van der Waals surface area contributed by atoms with Crippen molar-refractivity contribution in [3.8, 4) is 67.3 Å². The molecule has 2 unspecified atom stereocenters. The van der Waals surface area contributed by atoms with E-state index < -0.39 is 0 Å². The number of fused-ring (bicyclic) bond motifs is 3. The Bertz CT molecular complexity index is 3800. The highest BCUT2D eigenvalue weighted by atomic mass is 15.0. The standard InChI is InChI=1S/C68H52N2/c1-6-19-47(20-7-1)48-33-35-54(36-34-48)67-59-39-37-56(70-65(52-26-12-4-13-27-52)43-44-66(70)53-28-14-5-15-29-53)46-62(59)68(58-32-18-30-49-21-16-17-31-57(49)58)60-40-38-55(45-61(60)67)69-63(50-22-8-2-9-23-50)41-42-64(69)51-24-10-3-11-25-51/h1-2,4-10,12-24,26-28,30-46,51,53H,3,11,25,29H2. The number of nitrogens with zero attached hydrogens (tertiary/aromatic N) is 2. The van der Waals surface area contributed by atoms with Gasteiger partial charge in [0.25, 0.3) is 0 Å². The van der Waals surface area contributed by atoms with Crippen LogP contribution in [0.4, 0.5) is 0 Å². The molecule has 2 aliphatic rings. The Morgan fingerprint density at radius 2 is 0.914 bits per heavy atom. The molecular weight excluding hydrogens is 845 g/mol. The van der Waals surface area contributed by atoms with Crippen LogP contribution in [-0.4, -0.2) is 9.13 Å². The molecule has 0 aliphatic heterocycles. The molecule has 0 amide bonds. The molecule has 0 radical (unpaired) electrons. The first-order chi connectivity index (χ1) is 34.7. The molecule has 2 atom stereocenters. The number of rotatable bonds is 9. The Balaban J connectivity index is 1.14.